The van der Waals surface area contributed by atoms with Crippen molar-refractivity contribution in [2.45, 2.75) is 5.75 Å². The van der Waals surface area contributed by atoms with E-state index in [-0.39, 0.29) is 17.1 Å². The predicted octanol–water partition coefficient (Wildman–Crippen LogP) is 2.03. The zero-order chi connectivity index (χ0) is 15.5. The van der Waals surface area contributed by atoms with Crippen molar-refractivity contribution in [3.05, 3.63) is 59.7 Å². The van der Waals surface area contributed by atoms with Gasteiger partial charge in [-0.25, -0.2) is 13.2 Å². The van der Waals surface area contributed by atoms with Gasteiger partial charge in [0.15, 0.2) is 0 Å². The average molecular weight is 307 g/mol. The number of aromatic carboxylic acids is 1. The van der Waals surface area contributed by atoms with E-state index in [0.29, 0.717) is 11.3 Å². The summed E-state index contributed by atoms with van der Waals surface area (Å²) in [5.41, 5.74) is 0.732. The Bertz CT molecular complexity index is 753. The summed E-state index contributed by atoms with van der Waals surface area (Å²) >= 11 is 0. The molecule has 3 N–H and O–H groups in total. The van der Waals surface area contributed by atoms with Gasteiger partial charge in [0, 0.05) is 5.69 Å². The molecule has 0 aliphatic rings. The first-order chi connectivity index (χ1) is 9.85. The molecule has 0 fully saturated rings. The largest absolute Gasteiger partial charge is 0.508 e. The van der Waals surface area contributed by atoms with Crippen LogP contribution in [0, 0.1) is 0 Å². The molecular formula is C14H13NO5S. The van der Waals surface area contributed by atoms with Gasteiger partial charge in [0.05, 0.1) is 11.3 Å². The van der Waals surface area contributed by atoms with Crippen LogP contribution < -0.4 is 4.72 Å². The number of aromatic hydroxyl groups is 1. The van der Waals surface area contributed by atoms with E-state index in [2.05, 4.69) is 4.72 Å². The van der Waals surface area contributed by atoms with Crippen molar-refractivity contribution >= 4 is 21.7 Å². The van der Waals surface area contributed by atoms with Gasteiger partial charge in [0.25, 0.3) is 0 Å². The maximum absolute atomic E-state index is 12.0. The monoisotopic (exact) mass is 307 g/mol. The van der Waals surface area contributed by atoms with Gasteiger partial charge in [-0.1, -0.05) is 12.1 Å². The Morgan fingerprint density at radius 1 is 1.10 bits per heavy atom. The number of phenols is 1. The summed E-state index contributed by atoms with van der Waals surface area (Å²) in [4.78, 5) is 10.9. The van der Waals surface area contributed by atoms with Gasteiger partial charge in [0.1, 0.15) is 5.75 Å². The number of hydrogen-bond acceptors (Lipinski definition) is 4. The first-order valence-corrected chi connectivity index (χ1v) is 7.63. The van der Waals surface area contributed by atoms with Gasteiger partial charge in [-0.05, 0) is 42.0 Å². The van der Waals surface area contributed by atoms with Crippen LogP contribution in [0.2, 0.25) is 0 Å². The third kappa shape index (κ3) is 4.22. The topological polar surface area (TPSA) is 104 Å². The van der Waals surface area contributed by atoms with Gasteiger partial charge >= 0.3 is 5.97 Å². The number of anilines is 1. The number of carboxylic acids is 1. The molecular weight excluding hydrogens is 294 g/mol. The summed E-state index contributed by atoms with van der Waals surface area (Å²) in [7, 11) is -3.67. The second kappa shape index (κ2) is 5.84. The summed E-state index contributed by atoms with van der Waals surface area (Å²) in [6.45, 7) is 0. The number of carbonyl (C=O) groups is 1. The summed E-state index contributed by atoms with van der Waals surface area (Å²) in [6, 6.07) is 11.3. The molecule has 0 radical (unpaired) electrons. The Hall–Kier alpha value is -2.54. The third-order valence-electron chi connectivity index (χ3n) is 2.67. The molecule has 2 aromatic rings. The highest BCUT2D eigenvalue weighted by Gasteiger charge is 2.13. The lowest BCUT2D eigenvalue weighted by atomic mass is 10.1. The number of carboxylic acid groups (broad SMARTS) is 1. The summed E-state index contributed by atoms with van der Waals surface area (Å²) in [5, 5.41) is 18.0. The van der Waals surface area contributed by atoms with Crippen molar-refractivity contribution in [1.29, 1.82) is 0 Å². The Labute approximate surface area is 121 Å². The quantitative estimate of drug-likeness (QED) is 0.733. The Balaban J connectivity index is 2.15. The van der Waals surface area contributed by atoms with E-state index < -0.39 is 16.0 Å². The molecule has 0 heterocycles. The fourth-order valence-electron chi connectivity index (χ4n) is 1.76. The Kier molecular flexibility index (Phi) is 4.13. The molecule has 2 aromatic carbocycles. The van der Waals surface area contributed by atoms with Crippen LogP contribution in [0.15, 0.2) is 48.5 Å². The van der Waals surface area contributed by atoms with Gasteiger partial charge in [-0.3, -0.25) is 4.72 Å². The third-order valence-corrected chi connectivity index (χ3v) is 3.93. The van der Waals surface area contributed by atoms with Crippen molar-refractivity contribution in [2.75, 3.05) is 4.72 Å². The van der Waals surface area contributed by atoms with Crippen LogP contribution in [0.25, 0.3) is 0 Å². The van der Waals surface area contributed by atoms with Crippen molar-refractivity contribution in [1.82, 2.24) is 0 Å². The molecule has 21 heavy (non-hydrogen) atoms. The average Bonchev–Trinajstić information content (AvgIpc) is 2.41. The molecule has 0 unspecified atom stereocenters. The standard InChI is InChI=1S/C14H13NO5S/c16-13-6-4-12(5-7-13)15-21(19,20)9-10-2-1-3-11(8-10)14(17)18/h1-8,15-16H,9H2,(H,17,18). The number of nitrogens with one attached hydrogen (secondary N) is 1. The number of benzene rings is 2. The second-order valence-electron chi connectivity index (χ2n) is 4.41. The lowest BCUT2D eigenvalue weighted by molar-refractivity contribution is 0.0696. The van der Waals surface area contributed by atoms with Crippen molar-refractivity contribution in [3.8, 4) is 5.75 Å². The molecule has 0 aliphatic carbocycles. The predicted molar refractivity (Wildman–Crippen MR) is 77.8 cm³/mol. The fraction of sp³-hybridized carbons (Fsp3) is 0.0714. The molecule has 0 bridgehead atoms. The van der Waals surface area contributed by atoms with E-state index >= 15 is 0 Å². The molecule has 0 aromatic heterocycles. The van der Waals surface area contributed by atoms with Gasteiger partial charge < -0.3 is 10.2 Å². The molecule has 0 spiro atoms. The van der Waals surface area contributed by atoms with Crippen LogP contribution in [-0.2, 0) is 15.8 Å². The van der Waals surface area contributed by atoms with Crippen LogP contribution in [0.5, 0.6) is 5.75 Å². The fourth-order valence-corrected chi connectivity index (χ4v) is 2.94. The SMILES string of the molecule is O=C(O)c1cccc(CS(=O)(=O)Nc2ccc(O)cc2)c1. The molecule has 7 heteroatoms. The minimum absolute atomic E-state index is 0.0344. The highest BCUT2D eigenvalue weighted by molar-refractivity contribution is 7.91. The van der Waals surface area contributed by atoms with Gasteiger partial charge in [0.2, 0.25) is 10.0 Å². The summed E-state index contributed by atoms with van der Waals surface area (Å²) < 4.78 is 26.4. The van der Waals surface area contributed by atoms with Crippen LogP contribution in [0.3, 0.4) is 0 Å². The molecule has 0 saturated carbocycles. The minimum Gasteiger partial charge on any atom is -0.508 e. The first kappa shape index (κ1) is 14.9. The maximum atomic E-state index is 12.0. The van der Waals surface area contributed by atoms with Crippen molar-refractivity contribution < 1.29 is 23.4 Å². The lowest BCUT2D eigenvalue weighted by Gasteiger charge is -2.08. The van der Waals surface area contributed by atoms with E-state index in [1.165, 1.54) is 42.5 Å². The van der Waals surface area contributed by atoms with Crippen LogP contribution >= 0.6 is 0 Å². The lowest BCUT2D eigenvalue weighted by Crippen LogP contribution is -2.15. The zero-order valence-electron chi connectivity index (χ0n) is 10.9. The highest BCUT2D eigenvalue weighted by atomic mass is 32.2. The number of phenolic OH excluding ortho intramolecular Hbond substituents is 1. The van der Waals surface area contributed by atoms with E-state index in [4.69, 9.17) is 10.2 Å². The molecule has 0 atom stereocenters. The molecule has 110 valence electrons. The van der Waals surface area contributed by atoms with E-state index in [0.717, 1.165) is 0 Å². The van der Waals surface area contributed by atoms with E-state index in [9.17, 15) is 13.2 Å². The second-order valence-corrected chi connectivity index (χ2v) is 6.14. The van der Waals surface area contributed by atoms with Crippen molar-refractivity contribution in [3.63, 3.8) is 0 Å². The maximum Gasteiger partial charge on any atom is 0.335 e. The molecule has 6 nitrogen and oxygen atoms in total. The van der Waals surface area contributed by atoms with Crippen LogP contribution in [-0.4, -0.2) is 24.6 Å². The minimum atomic E-state index is -3.67. The zero-order valence-corrected chi connectivity index (χ0v) is 11.7. The number of rotatable bonds is 5. The molecule has 0 amide bonds. The van der Waals surface area contributed by atoms with Crippen LogP contribution in [0.1, 0.15) is 15.9 Å². The van der Waals surface area contributed by atoms with E-state index in [1.807, 2.05) is 0 Å². The Morgan fingerprint density at radius 3 is 2.38 bits per heavy atom. The van der Waals surface area contributed by atoms with Gasteiger partial charge in [-0.2, -0.15) is 0 Å². The smallest absolute Gasteiger partial charge is 0.335 e. The Morgan fingerprint density at radius 2 is 1.76 bits per heavy atom. The summed E-state index contributed by atoms with van der Waals surface area (Å²) in [5.74, 6) is -1.41. The molecule has 0 aliphatic heterocycles. The van der Waals surface area contributed by atoms with Gasteiger partial charge in [-0.15, -0.1) is 0 Å². The molecule has 2 rings (SSSR count). The van der Waals surface area contributed by atoms with Crippen LogP contribution in [0.4, 0.5) is 5.69 Å². The normalized spacial score (nSPS) is 11.0. The first-order valence-electron chi connectivity index (χ1n) is 5.97. The molecule has 0 saturated heterocycles. The van der Waals surface area contributed by atoms with Crippen molar-refractivity contribution in [2.24, 2.45) is 0 Å². The summed E-state index contributed by atoms with van der Waals surface area (Å²) in [6.07, 6.45) is 0. The number of hydrogen-bond donors (Lipinski definition) is 3. The van der Waals surface area contributed by atoms with E-state index in [1.54, 1.807) is 6.07 Å². The number of sulfonamides is 1. The highest BCUT2D eigenvalue weighted by Crippen LogP contribution is 2.17.